The standard InChI is InChI=1S/C12H16BrN3O/c1-17-9-8-16(7-6-13)12-14-10-4-2-3-5-11(10)15-12/h2-5H,6-9H2,1H3,(H,14,15). The van der Waals surface area contributed by atoms with E-state index < -0.39 is 0 Å². The highest BCUT2D eigenvalue weighted by Gasteiger charge is 2.10. The van der Waals surface area contributed by atoms with E-state index in [4.69, 9.17) is 4.74 Å². The van der Waals surface area contributed by atoms with E-state index in [1.165, 1.54) is 0 Å². The second-order valence-electron chi connectivity index (χ2n) is 3.75. The minimum absolute atomic E-state index is 0.698. The fourth-order valence-corrected chi connectivity index (χ4v) is 2.14. The predicted molar refractivity (Wildman–Crippen MR) is 74.0 cm³/mol. The van der Waals surface area contributed by atoms with Crippen LogP contribution >= 0.6 is 15.9 Å². The highest BCUT2D eigenvalue weighted by Crippen LogP contribution is 2.16. The molecule has 1 aromatic heterocycles. The number of hydrogen-bond donors (Lipinski definition) is 1. The molecule has 0 aliphatic rings. The maximum absolute atomic E-state index is 5.12. The topological polar surface area (TPSA) is 41.1 Å². The van der Waals surface area contributed by atoms with E-state index in [-0.39, 0.29) is 0 Å². The highest BCUT2D eigenvalue weighted by atomic mass is 79.9. The van der Waals surface area contributed by atoms with Crippen LogP contribution in [0.5, 0.6) is 0 Å². The third-order valence-corrected chi connectivity index (χ3v) is 2.95. The van der Waals surface area contributed by atoms with Gasteiger partial charge in [0.2, 0.25) is 5.95 Å². The number of benzene rings is 1. The van der Waals surface area contributed by atoms with Crippen LogP contribution in [0.3, 0.4) is 0 Å². The number of hydrogen-bond acceptors (Lipinski definition) is 3. The molecule has 1 heterocycles. The van der Waals surface area contributed by atoms with Crippen LogP contribution in [0.2, 0.25) is 0 Å². The van der Waals surface area contributed by atoms with Crippen LogP contribution in [0.15, 0.2) is 24.3 Å². The van der Waals surface area contributed by atoms with Crippen molar-refractivity contribution >= 4 is 32.9 Å². The summed E-state index contributed by atoms with van der Waals surface area (Å²) in [5.41, 5.74) is 2.07. The Hall–Kier alpha value is -1.07. The lowest BCUT2D eigenvalue weighted by atomic mass is 10.3. The molecule has 0 unspecified atom stereocenters. The molecule has 0 fully saturated rings. The quantitative estimate of drug-likeness (QED) is 0.833. The smallest absolute Gasteiger partial charge is 0.203 e. The Morgan fingerprint density at radius 2 is 2.18 bits per heavy atom. The van der Waals surface area contributed by atoms with Crippen LogP contribution in [0.25, 0.3) is 11.0 Å². The number of aromatic amines is 1. The van der Waals surface area contributed by atoms with Crippen molar-refractivity contribution in [3.05, 3.63) is 24.3 Å². The van der Waals surface area contributed by atoms with E-state index in [9.17, 15) is 0 Å². The highest BCUT2D eigenvalue weighted by molar-refractivity contribution is 9.09. The molecule has 92 valence electrons. The number of aromatic nitrogens is 2. The number of H-pyrrole nitrogens is 1. The van der Waals surface area contributed by atoms with Crippen molar-refractivity contribution in [3.63, 3.8) is 0 Å². The molecule has 0 bridgehead atoms. The zero-order chi connectivity index (χ0) is 12.1. The number of rotatable bonds is 6. The van der Waals surface area contributed by atoms with Gasteiger partial charge in [-0.1, -0.05) is 28.1 Å². The Balaban J connectivity index is 2.21. The minimum Gasteiger partial charge on any atom is -0.383 e. The summed E-state index contributed by atoms with van der Waals surface area (Å²) in [5.74, 6) is 0.905. The van der Waals surface area contributed by atoms with Gasteiger partial charge < -0.3 is 14.6 Å². The van der Waals surface area contributed by atoms with Crippen LogP contribution in [0.4, 0.5) is 5.95 Å². The Morgan fingerprint density at radius 1 is 1.35 bits per heavy atom. The Kier molecular flexibility index (Phi) is 4.39. The Bertz CT molecular complexity index is 438. The van der Waals surface area contributed by atoms with Crippen LogP contribution in [0, 0.1) is 0 Å². The molecule has 0 aliphatic heterocycles. The second kappa shape index (κ2) is 6.02. The summed E-state index contributed by atoms with van der Waals surface area (Å²) in [7, 11) is 1.71. The summed E-state index contributed by atoms with van der Waals surface area (Å²) in [6, 6.07) is 8.05. The molecule has 0 saturated heterocycles. The maximum Gasteiger partial charge on any atom is 0.203 e. The first-order chi connectivity index (χ1) is 8.35. The van der Waals surface area contributed by atoms with Crippen molar-refractivity contribution in [3.8, 4) is 0 Å². The van der Waals surface area contributed by atoms with Gasteiger partial charge in [-0.15, -0.1) is 0 Å². The lowest BCUT2D eigenvalue weighted by Crippen LogP contribution is -2.30. The lowest BCUT2D eigenvalue weighted by Gasteiger charge is -2.20. The normalized spacial score (nSPS) is 10.9. The Labute approximate surface area is 109 Å². The number of anilines is 1. The summed E-state index contributed by atoms with van der Waals surface area (Å²) in [6.45, 7) is 2.44. The van der Waals surface area contributed by atoms with E-state index in [0.29, 0.717) is 6.61 Å². The predicted octanol–water partition coefficient (Wildman–Crippen LogP) is 2.41. The molecule has 0 amide bonds. The molecule has 0 aliphatic carbocycles. The average Bonchev–Trinajstić information content (AvgIpc) is 2.78. The first kappa shape index (κ1) is 12.4. The number of fused-ring (bicyclic) bond motifs is 1. The number of nitrogens with one attached hydrogen (secondary N) is 1. The number of methoxy groups -OCH3 is 1. The molecule has 1 aromatic carbocycles. The number of nitrogens with zero attached hydrogens (tertiary/aromatic N) is 2. The molecule has 2 aromatic rings. The van der Waals surface area contributed by atoms with Gasteiger partial charge in [-0.2, -0.15) is 0 Å². The fourth-order valence-electron chi connectivity index (χ4n) is 1.72. The number of alkyl halides is 1. The first-order valence-electron chi connectivity index (χ1n) is 5.59. The van der Waals surface area contributed by atoms with Gasteiger partial charge in [0, 0.05) is 25.5 Å². The van der Waals surface area contributed by atoms with Crippen LogP contribution in [-0.2, 0) is 4.74 Å². The molecule has 1 N–H and O–H groups in total. The van der Waals surface area contributed by atoms with Gasteiger partial charge in [-0.3, -0.25) is 0 Å². The minimum atomic E-state index is 0.698. The van der Waals surface area contributed by atoms with Gasteiger partial charge in [0.15, 0.2) is 0 Å². The summed E-state index contributed by atoms with van der Waals surface area (Å²) in [4.78, 5) is 10.1. The van der Waals surface area contributed by atoms with E-state index in [1.54, 1.807) is 7.11 Å². The van der Waals surface area contributed by atoms with E-state index >= 15 is 0 Å². The van der Waals surface area contributed by atoms with Gasteiger partial charge >= 0.3 is 0 Å². The van der Waals surface area contributed by atoms with Crippen molar-refractivity contribution in [2.45, 2.75) is 0 Å². The zero-order valence-electron chi connectivity index (χ0n) is 9.82. The molecule has 0 saturated carbocycles. The summed E-state index contributed by atoms with van der Waals surface area (Å²) >= 11 is 3.46. The molecular weight excluding hydrogens is 282 g/mol. The van der Waals surface area contributed by atoms with Gasteiger partial charge in [0.25, 0.3) is 0 Å². The van der Waals surface area contributed by atoms with Crippen LogP contribution in [-0.4, -0.2) is 42.1 Å². The lowest BCUT2D eigenvalue weighted by molar-refractivity contribution is 0.205. The van der Waals surface area contributed by atoms with Crippen molar-refractivity contribution < 1.29 is 4.74 Å². The summed E-state index contributed by atoms with van der Waals surface area (Å²) < 4.78 is 5.12. The van der Waals surface area contributed by atoms with Crippen molar-refractivity contribution in [2.75, 3.05) is 37.0 Å². The number of imidazole rings is 1. The zero-order valence-corrected chi connectivity index (χ0v) is 11.4. The molecular formula is C12H16BrN3O. The molecule has 0 atom stereocenters. The number of halogens is 1. The third-order valence-electron chi connectivity index (χ3n) is 2.60. The molecule has 5 heteroatoms. The number of ether oxygens (including phenoxy) is 1. The largest absolute Gasteiger partial charge is 0.383 e. The molecule has 0 radical (unpaired) electrons. The third kappa shape index (κ3) is 2.98. The first-order valence-corrected chi connectivity index (χ1v) is 6.72. The molecule has 2 rings (SSSR count). The van der Waals surface area contributed by atoms with E-state index in [1.807, 2.05) is 24.3 Å². The van der Waals surface area contributed by atoms with Gasteiger partial charge in [-0.25, -0.2) is 4.98 Å². The second-order valence-corrected chi connectivity index (χ2v) is 4.54. The summed E-state index contributed by atoms with van der Waals surface area (Å²) in [5, 5.41) is 0.910. The maximum atomic E-state index is 5.12. The van der Waals surface area contributed by atoms with E-state index in [2.05, 4.69) is 30.8 Å². The summed E-state index contributed by atoms with van der Waals surface area (Å²) in [6.07, 6.45) is 0. The fraction of sp³-hybridized carbons (Fsp3) is 0.417. The van der Waals surface area contributed by atoms with E-state index in [0.717, 1.165) is 35.4 Å². The van der Waals surface area contributed by atoms with Gasteiger partial charge in [0.05, 0.1) is 17.6 Å². The van der Waals surface area contributed by atoms with Crippen molar-refractivity contribution in [1.29, 1.82) is 0 Å². The SMILES string of the molecule is COCCN(CCBr)c1nc2ccccc2[nH]1. The van der Waals surface area contributed by atoms with Gasteiger partial charge in [-0.05, 0) is 12.1 Å². The Morgan fingerprint density at radius 3 is 2.88 bits per heavy atom. The monoisotopic (exact) mass is 297 g/mol. The molecule has 17 heavy (non-hydrogen) atoms. The molecule has 0 spiro atoms. The average molecular weight is 298 g/mol. The van der Waals surface area contributed by atoms with Crippen LogP contribution in [0.1, 0.15) is 0 Å². The van der Waals surface area contributed by atoms with Crippen molar-refractivity contribution in [2.24, 2.45) is 0 Å². The van der Waals surface area contributed by atoms with Crippen molar-refractivity contribution in [1.82, 2.24) is 9.97 Å². The molecule has 4 nitrogen and oxygen atoms in total. The van der Waals surface area contributed by atoms with Crippen LogP contribution < -0.4 is 4.90 Å². The van der Waals surface area contributed by atoms with Gasteiger partial charge in [0.1, 0.15) is 0 Å². The number of para-hydroxylation sites is 2.